The first-order valence-electron chi connectivity index (χ1n) is 10.4. The number of aromatic nitrogens is 1. The van der Waals surface area contributed by atoms with E-state index in [9.17, 15) is 9.18 Å². The van der Waals surface area contributed by atoms with Crippen molar-refractivity contribution in [2.45, 2.75) is 45.0 Å². The summed E-state index contributed by atoms with van der Waals surface area (Å²) in [7, 11) is 0. The third-order valence-electron chi connectivity index (χ3n) is 5.46. The van der Waals surface area contributed by atoms with Crippen molar-refractivity contribution in [3.63, 3.8) is 0 Å². The van der Waals surface area contributed by atoms with E-state index < -0.39 is 6.04 Å². The van der Waals surface area contributed by atoms with Gasteiger partial charge in [-0.1, -0.05) is 36.4 Å². The maximum Gasteiger partial charge on any atom is 0.242 e. The van der Waals surface area contributed by atoms with Gasteiger partial charge in [-0.25, -0.2) is 9.37 Å². The lowest BCUT2D eigenvalue weighted by atomic mass is 10.0. The van der Waals surface area contributed by atoms with Gasteiger partial charge in [0.2, 0.25) is 5.91 Å². The molecule has 1 aromatic heterocycles. The Bertz CT molecular complexity index is 1040. The van der Waals surface area contributed by atoms with E-state index in [0.29, 0.717) is 25.1 Å². The van der Waals surface area contributed by atoms with Crippen LogP contribution in [0.4, 0.5) is 4.39 Å². The highest BCUT2D eigenvalue weighted by Crippen LogP contribution is 2.34. The zero-order valence-corrected chi connectivity index (χ0v) is 18.4. The third-order valence-corrected chi connectivity index (χ3v) is 6.28. The number of hydrogen-bond donors (Lipinski definition) is 2. The number of ether oxygens (including phenoxy) is 1. The lowest BCUT2D eigenvalue weighted by Gasteiger charge is -2.25. The van der Waals surface area contributed by atoms with Gasteiger partial charge in [0.15, 0.2) is 0 Å². The molecule has 3 atom stereocenters. The van der Waals surface area contributed by atoms with Gasteiger partial charge in [0.1, 0.15) is 18.0 Å². The second kappa shape index (κ2) is 9.68. The monoisotopic (exact) mass is 439 g/mol. The van der Waals surface area contributed by atoms with Crippen molar-refractivity contribution >= 4 is 17.2 Å². The highest BCUT2D eigenvalue weighted by molar-refractivity contribution is 7.09. The molecular weight excluding hydrogens is 413 g/mol. The summed E-state index contributed by atoms with van der Waals surface area (Å²) in [6.45, 7) is 4.91. The zero-order chi connectivity index (χ0) is 21.8. The van der Waals surface area contributed by atoms with Crippen molar-refractivity contribution in [2.24, 2.45) is 0 Å². The van der Waals surface area contributed by atoms with E-state index in [0.717, 1.165) is 16.3 Å². The molecular formula is C24H26FN3O2S. The van der Waals surface area contributed by atoms with Gasteiger partial charge in [-0.15, -0.1) is 11.3 Å². The number of halogens is 1. The molecule has 7 heteroatoms. The molecule has 0 spiro atoms. The average molecular weight is 440 g/mol. The number of rotatable bonds is 8. The standard InChI is InChI=1S/C24H26FN3O2S/c1-3-30-23-20-7-5-4-6-17(20)12-21(23)28-24(29)22(16-8-10-18(25)11-9-16)26-13-19-14-31-15(2)27-19/h4-11,14,21-23,26H,3,12-13H2,1-2H3,(H,28,29). The highest BCUT2D eigenvalue weighted by Gasteiger charge is 2.35. The largest absolute Gasteiger partial charge is 0.372 e. The minimum Gasteiger partial charge on any atom is -0.372 e. The van der Waals surface area contributed by atoms with Crippen LogP contribution in [0.15, 0.2) is 53.9 Å². The van der Waals surface area contributed by atoms with Gasteiger partial charge in [0.25, 0.3) is 0 Å². The maximum absolute atomic E-state index is 13.5. The number of carbonyl (C=O) groups is 1. The van der Waals surface area contributed by atoms with E-state index in [-0.39, 0.29) is 23.9 Å². The number of benzene rings is 2. The van der Waals surface area contributed by atoms with Crippen molar-refractivity contribution in [2.75, 3.05) is 6.61 Å². The second-order valence-corrected chi connectivity index (χ2v) is 8.68. The van der Waals surface area contributed by atoms with E-state index in [1.54, 1.807) is 23.5 Å². The Morgan fingerprint density at radius 1 is 1.26 bits per heavy atom. The molecule has 3 aromatic rings. The van der Waals surface area contributed by atoms with Crippen LogP contribution >= 0.6 is 11.3 Å². The maximum atomic E-state index is 13.5. The van der Waals surface area contributed by atoms with Crippen LogP contribution < -0.4 is 10.6 Å². The number of hydrogen-bond acceptors (Lipinski definition) is 5. The SMILES string of the molecule is CCOC1c2ccccc2CC1NC(=O)C(NCc1csc(C)n1)c1ccc(F)cc1. The molecule has 5 nitrogen and oxygen atoms in total. The topological polar surface area (TPSA) is 63.2 Å². The first-order chi connectivity index (χ1) is 15.0. The smallest absolute Gasteiger partial charge is 0.242 e. The fourth-order valence-corrected chi connectivity index (χ4v) is 4.66. The Hall–Kier alpha value is -2.61. The average Bonchev–Trinajstić information content (AvgIpc) is 3.33. The number of aryl methyl sites for hydroxylation is 1. The van der Waals surface area contributed by atoms with E-state index in [1.165, 1.54) is 17.7 Å². The summed E-state index contributed by atoms with van der Waals surface area (Å²) < 4.78 is 19.5. The van der Waals surface area contributed by atoms with E-state index >= 15 is 0 Å². The molecule has 1 aliphatic carbocycles. The van der Waals surface area contributed by atoms with Gasteiger partial charge in [0, 0.05) is 18.5 Å². The number of fused-ring (bicyclic) bond motifs is 1. The first-order valence-corrected chi connectivity index (χ1v) is 11.3. The molecule has 2 N–H and O–H groups in total. The predicted octanol–water partition coefficient (Wildman–Crippen LogP) is 4.24. The summed E-state index contributed by atoms with van der Waals surface area (Å²) >= 11 is 1.57. The molecule has 0 saturated heterocycles. The summed E-state index contributed by atoms with van der Waals surface area (Å²) in [6, 6.07) is 13.4. The number of nitrogens with zero attached hydrogens (tertiary/aromatic N) is 1. The number of amides is 1. The fourth-order valence-electron chi connectivity index (χ4n) is 4.05. The minimum atomic E-state index is -0.631. The van der Waals surface area contributed by atoms with Crippen LogP contribution in [-0.4, -0.2) is 23.5 Å². The Morgan fingerprint density at radius 3 is 2.74 bits per heavy atom. The van der Waals surface area contributed by atoms with Gasteiger partial charge in [-0.3, -0.25) is 10.1 Å². The summed E-state index contributed by atoms with van der Waals surface area (Å²) in [5.74, 6) is -0.498. The molecule has 0 aliphatic heterocycles. The lowest BCUT2D eigenvalue weighted by Crippen LogP contribution is -2.44. The lowest BCUT2D eigenvalue weighted by molar-refractivity contribution is -0.125. The van der Waals surface area contributed by atoms with Crippen molar-refractivity contribution in [3.05, 3.63) is 87.1 Å². The molecule has 0 bridgehead atoms. The van der Waals surface area contributed by atoms with Crippen LogP contribution in [0, 0.1) is 12.7 Å². The normalized spacial score (nSPS) is 18.5. The minimum absolute atomic E-state index is 0.156. The van der Waals surface area contributed by atoms with Gasteiger partial charge in [0.05, 0.1) is 16.7 Å². The van der Waals surface area contributed by atoms with Gasteiger partial charge in [-0.05, 0) is 49.1 Å². The van der Waals surface area contributed by atoms with Crippen LogP contribution in [0.2, 0.25) is 0 Å². The van der Waals surface area contributed by atoms with Gasteiger partial charge in [-0.2, -0.15) is 0 Å². The summed E-state index contributed by atoms with van der Waals surface area (Å²) in [6.07, 6.45) is 0.536. The first kappa shape index (κ1) is 21.6. The number of nitrogens with one attached hydrogen (secondary N) is 2. The van der Waals surface area contributed by atoms with Crippen LogP contribution in [0.1, 0.15) is 46.5 Å². The van der Waals surface area contributed by atoms with Crippen molar-refractivity contribution < 1.29 is 13.9 Å². The second-order valence-electron chi connectivity index (χ2n) is 7.62. The van der Waals surface area contributed by atoms with Crippen molar-refractivity contribution in [1.29, 1.82) is 0 Å². The number of thiazole rings is 1. The number of carbonyl (C=O) groups excluding carboxylic acids is 1. The summed E-state index contributed by atoms with van der Waals surface area (Å²) in [5.41, 5.74) is 3.89. The van der Waals surface area contributed by atoms with Crippen molar-refractivity contribution in [1.82, 2.24) is 15.6 Å². The molecule has 0 saturated carbocycles. The Balaban J connectivity index is 1.53. The highest BCUT2D eigenvalue weighted by atomic mass is 32.1. The van der Waals surface area contributed by atoms with Crippen LogP contribution in [0.25, 0.3) is 0 Å². The Morgan fingerprint density at radius 2 is 2.03 bits per heavy atom. The molecule has 0 radical (unpaired) electrons. The Kier molecular flexibility index (Phi) is 6.75. The molecule has 1 amide bonds. The quantitative estimate of drug-likeness (QED) is 0.551. The molecule has 3 unspecified atom stereocenters. The van der Waals surface area contributed by atoms with Crippen LogP contribution in [0.5, 0.6) is 0 Å². The molecule has 4 rings (SSSR count). The molecule has 2 aromatic carbocycles. The van der Waals surface area contributed by atoms with Crippen molar-refractivity contribution in [3.8, 4) is 0 Å². The molecule has 162 valence electrons. The Labute approximate surface area is 185 Å². The predicted molar refractivity (Wildman–Crippen MR) is 119 cm³/mol. The molecule has 0 fully saturated rings. The summed E-state index contributed by atoms with van der Waals surface area (Å²) in [4.78, 5) is 17.8. The zero-order valence-electron chi connectivity index (χ0n) is 17.6. The van der Waals surface area contributed by atoms with E-state index in [1.807, 2.05) is 31.4 Å². The fraction of sp³-hybridized carbons (Fsp3) is 0.333. The van der Waals surface area contributed by atoms with Crippen LogP contribution in [-0.2, 0) is 22.5 Å². The van der Waals surface area contributed by atoms with Gasteiger partial charge < -0.3 is 10.1 Å². The summed E-state index contributed by atoms with van der Waals surface area (Å²) in [5, 5.41) is 9.42. The molecule has 1 heterocycles. The third kappa shape index (κ3) is 5.01. The molecule has 1 aliphatic rings. The van der Waals surface area contributed by atoms with Gasteiger partial charge >= 0.3 is 0 Å². The van der Waals surface area contributed by atoms with E-state index in [2.05, 4.69) is 27.8 Å². The molecule has 31 heavy (non-hydrogen) atoms. The van der Waals surface area contributed by atoms with Crippen LogP contribution in [0.3, 0.4) is 0 Å². The van der Waals surface area contributed by atoms with E-state index in [4.69, 9.17) is 4.74 Å².